The van der Waals surface area contributed by atoms with Gasteiger partial charge in [-0.05, 0) is 25.7 Å². The SMILES string of the molecule is CC1(C(=O)N2CCC(C(N)=S)CC2)CCCCC1. The van der Waals surface area contributed by atoms with Crippen molar-refractivity contribution < 1.29 is 4.79 Å². The number of hydrogen-bond donors (Lipinski definition) is 1. The van der Waals surface area contributed by atoms with Gasteiger partial charge >= 0.3 is 0 Å². The van der Waals surface area contributed by atoms with Crippen molar-refractivity contribution in [1.29, 1.82) is 0 Å². The lowest BCUT2D eigenvalue weighted by atomic mass is 9.74. The van der Waals surface area contributed by atoms with Gasteiger partial charge in [0.2, 0.25) is 5.91 Å². The smallest absolute Gasteiger partial charge is 0.228 e. The van der Waals surface area contributed by atoms with Crippen molar-refractivity contribution in [2.75, 3.05) is 13.1 Å². The van der Waals surface area contributed by atoms with Gasteiger partial charge < -0.3 is 10.6 Å². The van der Waals surface area contributed by atoms with Crippen LogP contribution >= 0.6 is 12.2 Å². The van der Waals surface area contributed by atoms with Crippen molar-refractivity contribution in [3.63, 3.8) is 0 Å². The second kappa shape index (κ2) is 5.55. The van der Waals surface area contributed by atoms with Crippen LogP contribution in [0, 0.1) is 11.3 Å². The maximum Gasteiger partial charge on any atom is 0.228 e. The topological polar surface area (TPSA) is 46.3 Å². The average molecular weight is 268 g/mol. The first-order valence-electron chi connectivity index (χ1n) is 7.12. The lowest BCUT2D eigenvalue weighted by molar-refractivity contribution is -0.144. The van der Waals surface area contributed by atoms with Crippen LogP contribution in [0.1, 0.15) is 51.9 Å². The maximum absolute atomic E-state index is 12.6. The molecule has 4 heteroatoms. The molecule has 0 aromatic rings. The predicted molar refractivity (Wildman–Crippen MR) is 77.3 cm³/mol. The number of nitrogens with zero attached hydrogens (tertiary/aromatic N) is 1. The summed E-state index contributed by atoms with van der Waals surface area (Å²) in [5.41, 5.74) is 5.58. The average Bonchev–Trinajstić information content (AvgIpc) is 2.39. The highest BCUT2D eigenvalue weighted by molar-refractivity contribution is 7.80. The molecule has 0 spiro atoms. The van der Waals surface area contributed by atoms with Crippen molar-refractivity contribution in [2.24, 2.45) is 17.1 Å². The zero-order valence-electron chi connectivity index (χ0n) is 11.3. The Balaban J connectivity index is 1.92. The van der Waals surface area contributed by atoms with E-state index >= 15 is 0 Å². The minimum absolute atomic E-state index is 0.103. The second-order valence-corrected chi connectivity index (χ2v) is 6.56. The minimum atomic E-state index is -0.103. The maximum atomic E-state index is 12.6. The van der Waals surface area contributed by atoms with Crippen LogP contribution in [-0.2, 0) is 4.79 Å². The number of nitrogens with two attached hydrogens (primary N) is 1. The second-order valence-electron chi connectivity index (χ2n) is 6.09. The lowest BCUT2D eigenvalue weighted by Crippen LogP contribution is -2.48. The van der Waals surface area contributed by atoms with Crippen LogP contribution in [0.3, 0.4) is 0 Å². The molecule has 1 amide bonds. The summed E-state index contributed by atoms with van der Waals surface area (Å²) in [6.45, 7) is 3.81. The number of rotatable bonds is 2. The van der Waals surface area contributed by atoms with Crippen molar-refractivity contribution in [2.45, 2.75) is 51.9 Å². The van der Waals surface area contributed by atoms with Crippen LogP contribution in [-0.4, -0.2) is 28.9 Å². The van der Waals surface area contributed by atoms with Gasteiger partial charge in [-0.25, -0.2) is 0 Å². The van der Waals surface area contributed by atoms with Crippen LogP contribution in [0.15, 0.2) is 0 Å². The highest BCUT2D eigenvalue weighted by atomic mass is 32.1. The zero-order valence-corrected chi connectivity index (χ0v) is 12.1. The highest BCUT2D eigenvalue weighted by Crippen LogP contribution is 2.38. The van der Waals surface area contributed by atoms with Crippen LogP contribution in [0.5, 0.6) is 0 Å². The lowest BCUT2D eigenvalue weighted by Gasteiger charge is -2.40. The normalized spacial score (nSPS) is 24.8. The predicted octanol–water partition coefficient (Wildman–Crippen LogP) is 2.48. The molecule has 2 N–H and O–H groups in total. The van der Waals surface area contributed by atoms with Crippen LogP contribution in [0.4, 0.5) is 0 Å². The fraction of sp³-hybridized carbons (Fsp3) is 0.857. The zero-order chi connectivity index (χ0) is 13.2. The van der Waals surface area contributed by atoms with Crippen LogP contribution in [0.2, 0.25) is 0 Å². The van der Waals surface area contributed by atoms with E-state index in [9.17, 15) is 4.79 Å². The summed E-state index contributed by atoms with van der Waals surface area (Å²) >= 11 is 5.04. The third kappa shape index (κ3) is 2.85. The first kappa shape index (κ1) is 13.8. The largest absolute Gasteiger partial charge is 0.393 e. The first-order chi connectivity index (χ1) is 8.53. The Morgan fingerprint density at radius 3 is 2.28 bits per heavy atom. The Labute approximate surface area is 115 Å². The van der Waals surface area contributed by atoms with E-state index in [0.29, 0.717) is 16.8 Å². The summed E-state index contributed by atoms with van der Waals surface area (Å²) in [7, 11) is 0. The van der Waals surface area contributed by atoms with Gasteiger partial charge in [-0.2, -0.15) is 0 Å². The summed E-state index contributed by atoms with van der Waals surface area (Å²) in [5.74, 6) is 0.701. The van der Waals surface area contributed by atoms with Crippen molar-refractivity contribution in [3.05, 3.63) is 0 Å². The third-order valence-electron chi connectivity index (χ3n) is 4.66. The molecular weight excluding hydrogens is 244 g/mol. The highest BCUT2D eigenvalue weighted by Gasteiger charge is 2.38. The summed E-state index contributed by atoms with van der Waals surface area (Å²) in [5, 5.41) is 0. The molecule has 1 saturated carbocycles. The van der Waals surface area contributed by atoms with Gasteiger partial charge in [0.25, 0.3) is 0 Å². The van der Waals surface area contributed by atoms with Gasteiger partial charge in [0.1, 0.15) is 0 Å². The molecule has 0 aromatic carbocycles. The Bertz CT molecular complexity index is 329. The molecule has 0 unspecified atom stereocenters. The van der Waals surface area contributed by atoms with Crippen LogP contribution < -0.4 is 5.73 Å². The molecular formula is C14H24N2OS. The van der Waals surface area contributed by atoms with E-state index in [2.05, 4.69) is 6.92 Å². The van der Waals surface area contributed by atoms with Gasteiger partial charge in [0.05, 0.1) is 4.99 Å². The number of amides is 1. The molecule has 1 aliphatic heterocycles. The van der Waals surface area contributed by atoms with Gasteiger partial charge in [0, 0.05) is 24.4 Å². The molecule has 2 aliphatic rings. The third-order valence-corrected chi connectivity index (χ3v) is 4.99. The molecule has 1 heterocycles. The van der Waals surface area contributed by atoms with Gasteiger partial charge in [-0.3, -0.25) is 4.79 Å². The summed E-state index contributed by atoms with van der Waals surface area (Å²) in [4.78, 5) is 15.3. The number of piperidine rings is 1. The molecule has 3 nitrogen and oxygen atoms in total. The molecule has 1 saturated heterocycles. The summed E-state index contributed by atoms with van der Waals surface area (Å²) in [6, 6.07) is 0. The van der Waals surface area contributed by atoms with E-state index in [0.717, 1.165) is 38.8 Å². The molecule has 0 radical (unpaired) electrons. The van der Waals surface area contributed by atoms with Gasteiger partial charge in [-0.15, -0.1) is 0 Å². The van der Waals surface area contributed by atoms with Crippen LogP contribution in [0.25, 0.3) is 0 Å². The van der Waals surface area contributed by atoms with E-state index in [4.69, 9.17) is 18.0 Å². The fourth-order valence-electron chi connectivity index (χ4n) is 3.29. The Morgan fingerprint density at radius 2 is 1.78 bits per heavy atom. The van der Waals surface area contributed by atoms with E-state index in [-0.39, 0.29) is 5.41 Å². The molecule has 18 heavy (non-hydrogen) atoms. The Hall–Kier alpha value is -0.640. The summed E-state index contributed by atoms with van der Waals surface area (Å²) < 4.78 is 0. The quantitative estimate of drug-likeness (QED) is 0.783. The molecule has 0 aromatic heterocycles. The fourth-order valence-corrected chi connectivity index (χ4v) is 3.53. The molecule has 1 aliphatic carbocycles. The monoisotopic (exact) mass is 268 g/mol. The standard InChI is InChI=1S/C14H24N2OS/c1-14(7-3-2-4-8-14)13(17)16-9-5-11(6-10-16)12(15)18/h11H,2-10H2,1H3,(H2,15,18). The van der Waals surface area contributed by atoms with Gasteiger partial charge in [0.15, 0.2) is 0 Å². The van der Waals surface area contributed by atoms with E-state index in [1.54, 1.807) is 0 Å². The van der Waals surface area contributed by atoms with E-state index in [1.165, 1.54) is 19.3 Å². The van der Waals surface area contributed by atoms with E-state index < -0.39 is 0 Å². The Morgan fingerprint density at radius 1 is 1.22 bits per heavy atom. The number of likely N-dealkylation sites (tertiary alicyclic amines) is 1. The van der Waals surface area contributed by atoms with Crippen molar-refractivity contribution >= 4 is 23.1 Å². The molecule has 2 fully saturated rings. The molecule has 2 rings (SSSR count). The number of carbonyl (C=O) groups excluding carboxylic acids is 1. The van der Waals surface area contributed by atoms with E-state index in [1.807, 2.05) is 4.90 Å². The minimum Gasteiger partial charge on any atom is -0.393 e. The number of thiocarbonyl (C=S) groups is 1. The Kier molecular flexibility index (Phi) is 4.25. The van der Waals surface area contributed by atoms with Crippen molar-refractivity contribution in [3.8, 4) is 0 Å². The number of hydrogen-bond acceptors (Lipinski definition) is 2. The first-order valence-corrected chi connectivity index (χ1v) is 7.52. The van der Waals surface area contributed by atoms with Crippen molar-refractivity contribution in [1.82, 2.24) is 4.90 Å². The molecule has 0 atom stereocenters. The molecule has 102 valence electrons. The molecule has 0 bridgehead atoms. The number of carbonyl (C=O) groups is 1. The van der Waals surface area contributed by atoms with Gasteiger partial charge in [-0.1, -0.05) is 38.4 Å². The summed E-state index contributed by atoms with van der Waals surface area (Å²) in [6.07, 6.45) is 7.68.